The molecule has 0 aromatic carbocycles. The molecular formula is C17H31N5O6S2. The van der Waals surface area contributed by atoms with E-state index in [-0.39, 0.29) is 24.5 Å². The molecule has 0 bridgehead atoms. The molecule has 172 valence electrons. The summed E-state index contributed by atoms with van der Waals surface area (Å²) < 4.78 is 0. The van der Waals surface area contributed by atoms with Crippen molar-refractivity contribution in [3.05, 3.63) is 0 Å². The Bertz CT molecular complexity index is 634. The van der Waals surface area contributed by atoms with E-state index in [1.807, 2.05) is 6.26 Å². The summed E-state index contributed by atoms with van der Waals surface area (Å²) in [6.07, 6.45) is 1.69. The second-order valence-electron chi connectivity index (χ2n) is 6.93. The smallest absolute Gasteiger partial charge is 0.327 e. The predicted molar refractivity (Wildman–Crippen MR) is 117 cm³/mol. The Morgan fingerprint density at radius 1 is 1.00 bits per heavy atom. The first-order chi connectivity index (χ1) is 13.9. The fourth-order valence-electron chi connectivity index (χ4n) is 2.33. The van der Waals surface area contributed by atoms with Crippen molar-refractivity contribution in [2.75, 3.05) is 17.8 Å². The number of aliphatic carboxylic acids is 1. The highest BCUT2D eigenvalue weighted by molar-refractivity contribution is 7.98. The summed E-state index contributed by atoms with van der Waals surface area (Å²) in [6, 6.07) is -4.45. The molecule has 0 aliphatic carbocycles. The molecule has 0 radical (unpaired) electrons. The van der Waals surface area contributed by atoms with Gasteiger partial charge in [-0.25, -0.2) is 4.79 Å². The molecule has 8 N–H and O–H groups in total. The van der Waals surface area contributed by atoms with Crippen LogP contribution in [0.15, 0.2) is 0 Å². The second-order valence-corrected chi connectivity index (χ2v) is 8.28. The quantitative estimate of drug-likeness (QED) is 0.144. The third-order valence-corrected chi connectivity index (χ3v) is 5.05. The van der Waals surface area contributed by atoms with E-state index in [4.69, 9.17) is 16.6 Å². The number of thioether (sulfide) groups is 1. The van der Waals surface area contributed by atoms with E-state index < -0.39 is 53.8 Å². The lowest BCUT2D eigenvalue weighted by Crippen LogP contribution is -2.58. The molecule has 0 aliphatic rings. The fourth-order valence-corrected chi connectivity index (χ4v) is 3.05. The first-order valence-corrected chi connectivity index (χ1v) is 11.2. The zero-order chi connectivity index (χ0) is 23.4. The standard InChI is InChI=1S/C17H31N5O6S2/c1-8(2)13(22-14(24)9(18)6-12(19)23)16(26)20-10(4-5-30-3)15(25)21-11(7-29)17(27)28/h8-11,13,29H,4-7,18H2,1-3H3,(H2,19,23)(H,20,26)(H,21,25)(H,22,24)(H,27,28). The number of thiol groups is 1. The Morgan fingerprint density at radius 3 is 2.00 bits per heavy atom. The highest BCUT2D eigenvalue weighted by Crippen LogP contribution is 2.07. The first-order valence-electron chi connectivity index (χ1n) is 9.22. The maximum absolute atomic E-state index is 12.8. The Kier molecular flexibility index (Phi) is 13.2. The predicted octanol–water partition coefficient (Wildman–Crippen LogP) is -1.93. The molecule has 30 heavy (non-hydrogen) atoms. The lowest BCUT2D eigenvalue weighted by molar-refractivity contribution is -0.141. The van der Waals surface area contributed by atoms with Gasteiger partial charge in [0.1, 0.15) is 18.1 Å². The van der Waals surface area contributed by atoms with Crippen molar-refractivity contribution in [1.82, 2.24) is 16.0 Å². The van der Waals surface area contributed by atoms with E-state index >= 15 is 0 Å². The van der Waals surface area contributed by atoms with Gasteiger partial charge in [0.25, 0.3) is 0 Å². The number of amides is 4. The molecule has 4 atom stereocenters. The van der Waals surface area contributed by atoms with Gasteiger partial charge in [-0.1, -0.05) is 13.8 Å². The van der Waals surface area contributed by atoms with Gasteiger partial charge in [-0.2, -0.15) is 24.4 Å². The molecule has 0 saturated heterocycles. The summed E-state index contributed by atoms with van der Waals surface area (Å²) in [5.41, 5.74) is 10.6. The Balaban J connectivity index is 5.30. The van der Waals surface area contributed by atoms with Crippen LogP contribution in [0, 0.1) is 5.92 Å². The number of carbonyl (C=O) groups is 5. The summed E-state index contributed by atoms with van der Waals surface area (Å²) in [6.45, 7) is 3.37. The minimum atomic E-state index is -1.25. The second kappa shape index (κ2) is 14.1. The molecule has 0 saturated carbocycles. The highest BCUT2D eigenvalue weighted by Gasteiger charge is 2.31. The van der Waals surface area contributed by atoms with Crippen LogP contribution in [0.2, 0.25) is 0 Å². The van der Waals surface area contributed by atoms with Crippen LogP contribution in [0.25, 0.3) is 0 Å². The van der Waals surface area contributed by atoms with Crippen LogP contribution in [0.1, 0.15) is 26.7 Å². The SMILES string of the molecule is CSCCC(NC(=O)C(NC(=O)C(N)CC(N)=O)C(C)C)C(=O)NC(CS)C(=O)O. The number of carboxylic acid groups (broad SMARTS) is 1. The largest absolute Gasteiger partial charge is 0.480 e. The maximum atomic E-state index is 12.8. The van der Waals surface area contributed by atoms with Crippen molar-refractivity contribution in [1.29, 1.82) is 0 Å². The van der Waals surface area contributed by atoms with Gasteiger partial charge in [0, 0.05) is 5.75 Å². The fraction of sp³-hybridized carbons (Fsp3) is 0.706. The topological polar surface area (TPSA) is 194 Å². The van der Waals surface area contributed by atoms with Crippen molar-refractivity contribution >= 4 is 54.0 Å². The van der Waals surface area contributed by atoms with Gasteiger partial charge >= 0.3 is 5.97 Å². The Labute approximate surface area is 185 Å². The lowest BCUT2D eigenvalue weighted by Gasteiger charge is -2.26. The minimum absolute atomic E-state index is 0.118. The van der Waals surface area contributed by atoms with E-state index in [0.717, 1.165) is 0 Å². The molecule has 4 unspecified atom stereocenters. The number of nitrogens with one attached hydrogen (secondary N) is 3. The van der Waals surface area contributed by atoms with Gasteiger partial charge < -0.3 is 32.5 Å². The van der Waals surface area contributed by atoms with Crippen LogP contribution in [0.5, 0.6) is 0 Å². The lowest BCUT2D eigenvalue weighted by atomic mass is 10.0. The normalized spacial score (nSPS) is 14.9. The van der Waals surface area contributed by atoms with Crippen molar-refractivity contribution in [2.45, 2.75) is 50.9 Å². The molecule has 0 heterocycles. The summed E-state index contributed by atoms with van der Waals surface area (Å²) >= 11 is 5.35. The molecule has 4 amide bonds. The summed E-state index contributed by atoms with van der Waals surface area (Å²) in [5.74, 6) is -3.98. The monoisotopic (exact) mass is 465 g/mol. The summed E-state index contributed by atoms with van der Waals surface area (Å²) in [7, 11) is 0. The van der Waals surface area contributed by atoms with Crippen LogP contribution in [0.3, 0.4) is 0 Å². The van der Waals surface area contributed by atoms with Gasteiger partial charge in [-0.3, -0.25) is 19.2 Å². The molecule has 0 fully saturated rings. The number of hydrogen-bond acceptors (Lipinski definition) is 8. The van der Waals surface area contributed by atoms with E-state index in [1.54, 1.807) is 13.8 Å². The average Bonchev–Trinajstić information content (AvgIpc) is 2.65. The van der Waals surface area contributed by atoms with Gasteiger partial charge in [-0.05, 0) is 24.3 Å². The first kappa shape index (κ1) is 28.0. The van der Waals surface area contributed by atoms with E-state index in [1.165, 1.54) is 11.8 Å². The summed E-state index contributed by atoms with van der Waals surface area (Å²) in [5, 5.41) is 16.4. The maximum Gasteiger partial charge on any atom is 0.327 e. The van der Waals surface area contributed by atoms with E-state index in [0.29, 0.717) is 5.75 Å². The highest BCUT2D eigenvalue weighted by atomic mass is 32.2. The zero-order valence-corrected chi connectivity index (χ0v) is 18.9. The number of primary amides is 1. The number of rotatable bonds is 14. The molecular weight excluding hydrogens is 434 g/mol. The molecule has 0 aliphatic heterocycles. The third kappa shape index (κ3) is 10.2. The van der Waals surface area contributed by atoms with E-state index in [9.17, 15) is 24.0 Å². The van der Waals surface area contributed by atoms with Crippen LogP contribution in [-0.4, -0.2) is 76.6 Å². The van der Waals surface area contributed by atoms with Crippen LogP contribution in [0.4, 0.5) is 0 Å². The number of carbonyl (C=O) groups excluding carboxylic acids is 4. The average molecular weight is 466 g/mol. The van der Waals surface area contributed by atoms with Crippen molar-refractivity contribution in [2.24, 2.45) is 17.4 Å². The zero-order valence-electron chi connectivity index (χ0n) is 17.2. The Hall–Kier alpha value is -1.99. The van der Waals surface area contributed by atoms with Crippen LogP contribution < -0.4 is 27.4 Å². The number of nitrogens with two attached hydrogens (primary N) is 2. The molecule has 0 spiro atoms. The van der Waals surface area contributed by atoms with Crippen LogP contribution in [-0.2, 0) is 24.0 Å². The molecule has 0 aromatic heterocycles. The number of carboxylic acids is 1. The number of hydrogen-bond donors (Lipinski definition) is 7. The van der Waals surface area contributed by atoms with Crippen molar-refractivity contribution in [3.8, 4) is 0 Å². The summed E-state index contributed by atoms with van der Waals surface area (Å²) in [4.78, 5) is 59.5. The van der Waals surface area contributed by atoms with Crippen LogP contribution >= 0.6 is 24.4 Å². The van der Waals surface area contributed by atoms with E-state index in [2.05, 4.69) is 28.6 Å². The Morgan fingerprint density at radius 2 is 1.57 bits per heavy atom. The van der Waals surface area contributed by atoms with Crippen molar-refractivity contribution < 1.29 is 29.1 Å². The van der Waals surface area contributed by atoms with Gasteiger partial charge in [-0.15, -0.1) is 0 Å². The molecule has 0 aromatic rings. The molecule has 13 heteroatoms. The van der Waals surface area contributed by atoms with Gasteiger partial charge in [0.15, 0.2) is 0 Å². The van der Waals surface area contributed by atoms with Gasteiger partial charge in [0.2, 0.25) is 23.6 Å². The minimum Gasteiger partial charge on any atom is -0.480 e. The van der Waals surface area contributed by atoms with Gasteiger partial charge in [0.05, 0.1) is 12.5 Å². The molecule has 0 rings (SSSR count). The third-order valence-electron chi connectivity index (χ3n) is 4.05. The van der Waals surface area contributed by atoms with Crippen molar-refractivity contribution in [3.63, 3.8) is 0 Å². The molecule has 11 nitrogen and oxygen atoms in total.